The topological polar surface area (TPSA) is 105 Å². The molecule has 1 aliphatic rings. The van der Waals surface area contributed by atoms with Crippen molar-refractivity contribution in [1.82, 2.24) is 0 Å². The van der Waals surface area contributed by atoms with Gasteiger partial charge in [-0.3, -0.25) is 4.79 Å². The van der Waals surface area contributed by atoms with Crippen molar-refractivity contribution in [2.45, 2.75) is 24.6 Å². The number of thiophene rings is 1. The molecule has 2 rings (SSSR count). The number of halogens is 3. The molecule has 1 aromatic heterocycles. The zero-order valence-electron chi connectivity index (χ0n) is 9.47. The first-order valence-electron chi connectivity index (χ1n) is 5.19. The van der Waals surface area contributed by atoms with Gasteiger partial charge in [-0.05, 0) is 12.8 Å². The maximum atomic E-state index is 12.8. The number of hydrogen-bond donors (Lipinski definition) is 3. The van der Waals surface area contributed by atoms with E-state index in [1.54, 1.807) is 6.07 Å². The van der Waals surface area contributed by atoms with Crippen molar-refractivity contribution in [3.8, 4) is 6.07 Å². The van der Waals surface area contributed by atoms with Crippen LogP contribution < -0.4 is 16.8 Å². The average Bonchev–Trinajstić information content (AvgIpc) is 2.98. The highest BCUT2D eigenvalue weighted by atomic mass is 32.1. The van der Waals surface area contributed by atoms with E-state index in [0.29, 0.717) is 11.3 Å². The monoisotopic (exact) mass is 290 g/mol. The molecule has 5 N–H and O–H groups in total. The normalized spacial score (nSPS) is 16.7. The van der Waals surface area contributed by atoms with Crippen molar-refractivity contribution in [2.24, 2.45) is 5.73 Å². The summed E-state index contributed by atoms with van der Waals surface area (Å²) in [5.41, 5.74) is 8.15. The summed E-state index contributed by atoms with van der Waals surface area (Å²) in [5, 5.41) is 11.0. The third kappa shape index (κ3) is 2.08. The van der Waals surface area contributed by atoms with Crippen molar-refractivity contribution in [2.75, 3.05) is 11.1 Å². The maximum Gasteiger partial charge on any atom is 0.411 e. The Balaban J connectivity index is 2.42. The van der Waals surface area contributed by atoms with E-state index in [1.807, 2.05) is 0 Å². The van der Waals surface area contributed by atoms with E-state index in [4.69, 9.17) is 16.7 Å². The number of alkyl halides is 3. The van der Waals surface area contributed by atoms with Crippen LogP contribution in [0.4, 0.5) is 23.9 Å². The van der Waals surface area contributed by atoms with Gasteiger partial charge in [0.05, 0.1) is 11.3 Å². The largest absolute Gasteiger partial charge is 0.411 e. The van der Waals surface area contributed by atoms with Crippen molar-refractivity contribution in [1.29, 1.82) is 5.26 Å². The quantitative estimate of drug-likeness (QED) is 0.789. The van der Waals surface area contributed by atoms with Crippen LogP contribution in [-0.2, 0) is 0 Å². The zero-order valence-corrected chi connectivity index (χ0v) is 10.3. The lowest BCUT2D eigenvalue weighted by Gasteiger charge is -2.21. The second-order valence-corrected chi connectivity index (χ2v) is 5.25. The van der Waals surface area contributed by atoms with Gasteiger partial charge in [0.1, 0.15) is 21.5 Å². The molecule has 1 aliphatic carbocycles. The summed E-state index contributed by atoms with van der Waals surface area (Å²) in [4.78, 5) is 11.2. The minimum Gasteiger partial charge on any atom is -0.396 e. The van der Waals surface area contributed by atoms with E-state index in [2.05, 4.69) is 5.32 Å². The molecule has 0 aromatic carbocycles. The minimum absolute atomic E-state index is 0.0331. The Morgan fingerprint density at radius 3 is 2.42 bits per heavy atom. The average molecular weight is 290 g/mol. The third-order valence-corrected chi connectivity index (χ3v) is 3.96. The molecular weight excluding hydrogens is 281 g/mol. The molecule has 1 fully saturated rings. The molecule has 1 heterocycles. The molecule has 0 aliphatic heterocycles. The zero-order chi connectivity index (χ0) is 14.4. The lowest BCUT2D eigenvalue weighted by atomic mass is 10.2. The van der Waals surface area contributed by atoms with E-state index in [-0.39, 0.29) is 34.0 Å². The molecule has 0 bridgehead atoms. The smallest absolute Gasteiger partial charge is 0.396 e. The van der Waals surface area contributed by atoms with Crippen LogP contribution in [0.1, 0.15) is 28.1 Å². The number of nitrogens with one attached hydrogen (secondary N) is 1. The number of nitrogen functional groups attached to an aromatic ring is 1. The van der Waals surface area contributed by atoms with Gasteiger partial charge in [0.15, 0.2) is 0 Å². The molecule has 1 aromatic rings. The number of nitrogens with zero attached hydrogens (tertiary/aromatic N) is 1. The summed E-state index contributed by atoms with van der Waals surface area (Å²) in [6.45, 7) is 0. The Kier molecular flexibility index (Phi) is 2.86. The molecule has 1 saturated carbocycles. The fraction of sp³-hybridized carbons (Fsp3) is 0.400. The van der Waals surface area contributed by atoms with Crippen molar-refractivity contribution < 1.29 is 18.0 Å². The Morgan fingerprint density at radius 1 is 1.47 bits per heavy atom. The predicted octanol–water partition coefficient (Wildman–Crippen LogP) is 1.81. The van der Waals surface area contributed by atoms with Crippen molar-refractivity contribution in [3.63, 3.8) is 0 Å². The number of nitriles is 1. The van der Waals surface area contributed by atoms with E-state index < -0.39 is 17.6 Å². The second kappa shape index (κ2) is 4.03. The molecule has 0 saturated heterocycles. The fourth-order valence-corrected chi connectivity index (χ4v) is 2.70. The van der Waals surface area contributed by atoms with Crippen LogP contribution in [0.2, 0.25) is 0 Å². The van der Waals surface area contributed by atoms with E-state index in [9.17, 15) is 18.0 Å². The lowest BCUT2D eigenvalue weighted by Crippen LogP contribution is -2.38. The van der Waals surface area contributed by atoms with Crippen molar-refractivity contribution in [3.05, 3.63) is 10.4 Å². The molecule has 0 radical (unpaired) electrons. The van der Waals surface area contributed by atoms with Crippen LogP contribution in [-0.4, -0.2) is 17.6 Å². The van der Waals surface area contributed by atoms with E-state index in [0.717, 1.165) is 0 Å². The van der Waals surface area contributed by atoms with Crippen LogP contribution in [0.15, 0.2) is 0 Å². The van der Waals surface area contributed by atoms with Gasteiger partial charge in [-0.1, -0.05) is 0 Å². The molecule has 5 nitrogen and oxygen atoms in total. The Labute approximate surface area is 110 Å². The maximum absolute atomic E-state index is 12.8. The van der Waals surface area contributed by atoms with Crippen LogP contribution >= 0.6 is 11.3 Å². The van der Waals surface area contributed by atoms with Gasteiger partial charge < -0.3 is 16.8 Å². The van der Waals surface area contributed by atoms with Crippen LogP contribution in [0.5, 0.6) is 0 Å². The first kappa shape index (κ1) is 13.5. The second-order valence-electron chi connectivity index (χ2n) is 4.23. The van der Waals surface area contributed by atoms with Gasteiger partial charge in [0, 0.05) is 0 Å². The van der Waals surface area contributed by atoms with E-state index >= 15 is 0 Å². The van der Waals surface area contributed by atoms with Crippen LogP contribution in [0.3, 0.4) is 0 Å². The predicted molar refractivity (Wildman–Crippen MR) is 63.6 cm³/mol. The highest BCUT2D eigenvalue weighted by molar-refractivity contribution is 7.17. The Hall–Kier alpha value is -1.95. The lowest BCUT2D eigenvalue weighted by molar-refractivity contribution is -0.151. The van der Waals surface area contributed by atoms with Crippen molar-refractivity contribution >= 4 is 27.9 Å². The number of nitrogens with two attached hydrogens (primary N) is 2. The Morgan fingerprint density at radius 2 is 2.05 bits per heavy atom. The molecule has 0 spiro atoms. The summed E-state index contributed by atoms with van der Waals surface area (Å²) in [6.07, 6.45) is -4.61. The van der Waals surface area contributed by atoms with Gasteiger partial charge in [-0.25, -0.2) is 0 Å². The van der Waals surface area contributed by atoms with Crippen LogP contribution in [0.25, 0.3) is 0 Å². The Bertz CT molecular complexity index is 583. The highest BCUT2D eigenvalue weighted by Crippen LogP contribution is 2.52. The van der Waals surface area contributed by atoms with E-state index in [1.165, 1.54) is 0 Å². The van der Waals surface area contributed by atoms with Crippen LogP contribution in [0, 0.1) is 11.3 Å². The highest BCUT2D eigenvalue weighted by Gasteiger charge is 2.64. The minimum atomic E-state index is -4.44. The van der Waals surface area contributed by atoms with Gasteiger partial charge in [0.2, 0.25) is 0 Å². The van der Waals surface area contributed by atoms with Gasteiger partial charge >= 0.3 is 6.18 Å². The number of primary amides is 1. The first-order valence-corrected chi connectivity index (χ1v) is 6.00. The molecule has 102 valence electrons. The first-order chi connectivity index (χ1) is 8.72. The van der Waals surface area contributed by atoms with Gasteiger partial charge in [-0.2, -0.15) is 18.4 Å². The summed E-state index contributed by atoms with van der Waals surface area (Å²) in [6, 6.07) is 1.72. The number of amides is 1. The van der Waals surface area contributed by atoms with Gasteiger partial charge in [0.25, 0.3) is 5.91 Å². The molecule has 1 amide bonds. The molecular formula is C10H9F3N4OS. The molecule has 19 heavy (non-hydrogen) atoms. The number of rotatable bonds is 3. The SMILES string of the molecule is N#Cc1sc(NC2(C(F)(F)F)CC2)c(C(N)=O)c1N. The molecule has 0 unspecified atom stereocenters. The summed E-state index contributed by atoms with van der Waals surface area (Å²) < 4.78 is 38.5. The summed E-state index contributed by atoms with van der Waals surface area (Å²) in [5.74, 6) is -0.962. The third-order valence-electron chi connectivity index (χ3n) is 2.94. The summed E-state index contributed by atoms with van der Waals surface area (Å²) >= 11 is 0.699. The molecule has 9 heteroatoms. The number of carbonyl (C=O) groups is 1. The number of anilines is 2. The number of carbonyl (C=O) groups excluding carboxylic acids is 1. The standard InChI is InChI=1S/C10H9F3N4OS/c11-10(12,13)9(1-2-9)17-8-5(7(16)18)6(15)4(3-14)19-8/h17H,1-2,15H2,(H2,16,18). The summed E-state index contributed by atoms with van der Waals surface area (Å²) in [7, 11) is 0. The van der Waals surface area contributed by atoms with Gasteiger partial charge in [-0.15, -0.1) is 11.3 Å². The fourth-order valence-electron chi connectivity index (χ4n) is 1.68. The molecule has 0 atom stereocenters. The number of hydrogen-bond acceptors (Lipinski definition) is 5.